The number of hydrogen-bond donors (Lipinski definition) is 1. The maximum atomic E-state index is 14.0. The van der Waals surface area contributed by atoms with E-state index in [0.29, 0.717) is 11.4 Å². The molecule has 0 aliphatic carbocycles. The molecular weight excluding hydrogens is 243 g/mol. The third-order valence-electron chi connectivity index (χ3n) is 3.59. The zero-order valence-electron chi connectivity index (χ0n) is 11.2. The van der Waals surface area contributed by atoms with Crippen LogP contribution in [0.3, 0.4) is 0 Å². The van der Waals surface area contributed by atoms with Crippen LogP contribution in [0.4, 0.5) is 4.39 Å². The first kappa shape index (κ1) is 12.3. The van der Waals surface area contributed by atoms with E-state index in [4.69, 9.17) is 0 Å². The van der Waals surface area contributed by atoms with Gasteiger partial charge in [0, 0.05) is 13.1 Å². The summed E-state index contributed by atoms with van der Waals surface area (Å²) in [5.74, 6) is 1.30. The molecule has 0 saturated carbocycles. The number of nitrogens with one attached hydrogen (secondary N) is 1. The van der Waals surface area contributed by atoms with E-state index >= 15 is 0 Å². The molecule has 5 heteroatoms. The van der Waals surface area contributed by atoms with Crippen molar-refractivity contribution >= 4 is 0 Å². The fourth-order valence-corrected chi connectivity index (χ4v) is 2.57. The third kappa shape index (κ3) is 2.04. The zero-order chi connectivity index (χ0) is 13.4. The van der Waals surface area contributed by atoms with E-state index in [1.807, 2.05) is 17.6 Å². The molecule has 1 aliphatic rings. The fraction of sp³-hybridized carbons (Fsp3) is 0.429. The van der Waals surface area contributed by atoms with Gasteiger partial charge in [0.15, 0.2) is 11.6 Å². The molecule has 4 nitrogen and oxygen atoms in total. The van der Waals surface area contributed by atoms with Gasteiger partial charge in [0.05, 0.1) is 11.6 Å². The summed E-state index contributed by atoms with van der Waals surface area (Å²) in [4.78, 5) is 0. The number of hydrogen-bond acceptors (Lipinski definition) is 3. The standard InChI is InChI=1S/C14H17FN4/c1-3-12-14-18-17-13(19(14)7-6-16-12)10-8-9(2)4-5-11(10)15/h4-5,8,12,16H,3,6-7H2,1-2H3. The van der Waals surface area contributed by atoms with E-state index in [-0.39, 0.29) is 11.9 Å². The van der Waals surface area contributed by atoms with Crippen LogP contribution in [0.15, 0.2) is 18.2 Å². The summed E-state index contributed by atoms with van der Waals surface area (Å²) < 4.78 is 16.0. The van der Waals surface area contributed by atoms with Crippen LogP contribution in [-0.2, 0) is 6.54 Å². The van der Waals surface area contributed by atoms with Crippen molar-refractivity contribution in [1.82, 2.24) is 20.1 Å². The number of aryl methyl sites for hydroxylation is 1. The van der Waals surface area contributed by atoms with Gasteiger partial charge < -0.3 is 9.88 Å². The van der Waals surface area contributed by atoms with Crippen LogP contribution < -0.4 is 5.32 Å². The van der Waals surface area contributed by atoms with Crippen molar-refractivity contribution in [3.63, 3.8) is 0 Å². The number of nitrogens with zero attached hydrogens (tertiary/aromatic N) is 3. The number of rotatable bonds is 2. The fourth-order valence-electron chi connectivity index (χ4n) is 2.57. The molecule has 2 aromatic rings. The average molecular weight is 260 g/mol. The Morgan fingerprint density at radius 1 is 1.42 bits per heavy atom. The highest BCUT2D eigenvalue weighted by molar-refractivity contribution is 5.57. The van der Waals surface area contributed by atoms with E-state index in [2.05, 4.69) is 22.4 Å². The van der Waals surface area contributed by atoms with Crippen LogP contribution in [0.2, 0.25) is 0 Å². The molecular formula is C14H17FN4. The SMILES string of the molecule is CCC1NCCn2c(-c3cc(C)ccc3F)nnc21. The lowest BCUT2D eigenvalue weighted by molar-refractivity contribution is 0.407. The molecule has 0 saturated heterocycles. The quantitative estimate of drug-likeness (QED) is 0.902. The van der Waals surface area contributed by atoms with Crippen molar-refractivity contribution in [3.8, 4) is 11.4 Å². The topological polar surface area (TPSA) is 42.7 Å². The monoisotopic (exact) mass is 260 g/mol. The summed E-state index contributed by atoms with van der Waals surface area (Å²) >= 11 is 0. The van der Waals surface area contributed by atoms with Crippen LogP contribution in [0.1, 0.15) is 30.8 Å². The van der Waals surface area contributed by atoms with Crippen molar-refractivity contribution < 1.29 is 4.39 Å². The predicted molar refractivity (Wildman–Crippen MR) is 71.2 cm³/mol. The van der Waals surface area contributed by atoms with Gasteiger partial charge in [-0.1, -0.05) is 18.6 Å². The van der Waals surface area contributed by atoms with E-state index < -0.39 is 0 Å². The molecule has 0 spiro atoms. The van der Waals surface area contributed by atoms with Crippen LogP contribution in [0, 0.1) is 12.7 Å². The summed E-state index contributed by atoms with van der Waals surface area (Å²) in [6.45, 7) is 5.70. The summed E-state index contributed by atoms with van der Waals surface area (Å²) in [5.41, 5.74) is 1.56. The first-order valence-electron chi connectivity index (χ1n) is 6.63. The molecule has 0 bridgehead atoms. The lowest BCUT2D eigenvalue weighted by Crippen LogP contribution is -2.33. The second kappa shape index (κ2) is 4.74. The van der Waals surface area contributed by atoms with E-state index in [1.54, 1.807) is 6.07 Å². The minimum absolute atomic E-state index is 0.211. The Balaban J connectivity index is 2.12. The van der Waals surface area contributed by atoms with Gasteiger partial charge >= 0.3 is 0 Å². The normalized spacial score (nSPS) is 18.4. The van der Waals surface area contributed by atoms with E-state index in [1.165, 1.54) is 6.07 Å². The molecule has 1 unspecified atom stereocenters. The van der Waals surface area contributed by atoms with E-state index in [0.717, 1.165) is 30.9 Å². The maximum Gasteiger partial charge on any atom is 0.167 e. The summed E-state index contributed by atoms with van der Waals surface area (Å²) in [6.07, 6.45) is 0.953. The Morgan fingerprint density at radius 3 is 3.05 bits per heavy atom. The van der Waals surface area contributed by atoms with Crippen molar-refractivity contribution in [2.24, 2.45) is 0 Å². The van der Waals surface area contributed by atoms with Crippen LogP contribution >= 0.6 is 0 Å². The number of aromatic nitrogens is 3. The number of benzene rings is 1. The van der Waals surface area contributed by atoms with Gasteiger partial charge in [-0.15, -0.1) is 10.2 Å². The minimum Gasteiger partial charge on any atom is -0.308 e. The van der Waals surface area contributed by atoms with Crippen LogP contribution in [0.5, 0.6) is 0 Å². The molecule has 1 aliphatic heterocycles. The van der Waals surface area contributed by atoms with Crippen molar-refractivity contribution in [2.45, 2.75) is 32.9 Å². The first-order valence-corrected chi connectivity index (χ1v) is 6.63. The van der Waals surface area contributed by atoms with Gasteiger partial charge in [-0.05, 0) is 25.5 Å². The Morgan fingerprint density at radius 2 is 2.26 bits per heavy atom. The second-order valence-electron chi connectivity index (χ2n) is 4.93. The Bertz CT molecular complexity index is 605. The van der Waals surface area contributed by atoms with Crippen LogP contribution in [0.25, 0.3) is 11.4 Å². The molecule has 1 N–H and O–H groups in total. The smallest absolute Gasteiger partial charge is 0.167 e. The Labute approximate surface area is 111 Å². The molecule has 1 atom stereocenters. The van der Waals surface area contributed by atoms with Gasteiger partial charge in [0.1, 0.15) is 5.82 Å². The van der Waals surface area contributed by atoms with E-state index in [9.17, 15) is 4.39 Å². The van der Waals surface area contributed by atoms with Gasteiger partial charge in [-0.2, -0.15) is 0 Å². The van der Waals surface area contributed by atoms with Crippen molar-refractivity contribution in [2.75, 3.05) is 6.54 Å². The molecule has 1 aromatic carbocycles. The molecule has 0 amide bonds. The predicted octanol–water partition coefficient (Wildman–Crippen LogP) is 2.45. The average Bonchev–Trinajstić information content (AvgIpc) is 2.85. The highest BCUT2D eigenvalue weighted by Crippen LogP contribution is 2.27. The number of halogens is 1. The Hall–Kier alpha value is -1.75. The lowest BCUT2D eigenvalue weighted by atomic mass is 10.1. The molecule has 0 fully saturated rings. The summed E-state index contributed by atoms with van der Waals surface area (Å²) in [5, 5.41) is 11.8. The molecule has 2 heterocycles. The highest BCUT2D eigenvalue weighted by Gasteiger charge is 2.25. The Kier molecular flexibility index (Phi) is 3.06. The minimum atomic E-state index is -0.243. The van der Waals surface area contributed by atoms with Gasteiger partial charge in [0.2, 0.25) is 0 Å². The lowest BCUT2D eigenvalue weighted by Gasteiger charge is -2.24. The summed E-state index contributed by atoms with van der Waals surface area (Å²) in [6, 6.07) is 5.30. The largest absolute Gasteiger partial charge is 0.308 e. The first-order chi connectivity index (χ1) is 9.20. The summed E-state index contributed by atoms with van der Waals surface area (Å²) in [7, 11) is 0. The molecule has 0 radical (unpaired) electrons. The molecule has 19 heavy (non-hydrogen) atoms. The van der Waals surface area contributed by atoms with Crippen molar-refractivity contribution in [1.29, 1.82) is 0 Å². The molecule has 100 valence electrons. The number of fused-ring (bicyclic) bond motifs is 1. The maximum absolute atomic E-state index is 14.0. The second-order valence-corrected chi connectivity index (χ2v) is 4.93. The van der Waals surface area contributed by atoms with Gasteiger partial charge in [0.25, 0.3) is 0 Å². The zero-order valence-corrected chi connectivity index (χ0v) is 11.2. The van der Waals surface area contributed by atoms with Crippen molar-refractivity contribution in [3.05, 3.63) is 35.4 Å². The van der Waals surface area contributed by atoms with Gasteiger partial charge in [-0.25, -0.2) is 4.39 Å². The molecule has 1 aromatic heterocycles. The van der Waals surface area contributed by atoms with Crippen LogP contribution in [-0.4, -0.2) is 21.3 Å². The highest BCUT2D eigenvalue weighted by atomic mass is 19.1. The third-order valence-corrected chi connectivity index (χ3v) is 3.59. The molecule has 3 rings (SSSR count). The van der Waals surface area contributed by atoms with Gasteiger partial charge in [-0.3, -0.25) is 0 Å².